The first kappa shape index (κ1) is 19.1. The number of ether oxygens (including phenoxy) is 1. The third-order valence-corrected chi connectivity index (χ3v) is 7.55. The number of rotatable bonds is 5. The molecule has 0 saturated carbocycles. The number of carbonyl (C=O) groups is 2. The number of likely N-dealkylation sites (N-methyl/N-ethyl adjacent to an activating group) is 1. The molecule has 0 aliphatic heterocycles. The second-order valence-corrected chi connectivity index (χ2v) is 9.06. The maximum atomic E-state index is 12.6. The molecule has 0 N–H and O–H groups in total. The van der Waals surface area contributed by atoms with Crippen LogP contribution in [0.5, 0.6) is 0 Å². The molecule has 3 aromatic rings. The molecule has 146 valence electrons. The van der Waals surface area contributed by atoms with Gasteiger partial charge in [-0.3, -0.25) is 4.79 Å². The molecule has 2 heterocycles. The minimum Gasteiger partial charge on any atom is -0.452 e. The molecular weight excluding hydrogens is 392 g/mol. The van der Waals surface area contributed by atoms with Gasteiger partial charge in [0.2, 0.25) is 0 Å². The van der Waals surface area contributed by atoms with Crippen LogP contribution in [0.15, 0.2) is 29.6 Å². The first-order chi connectivity index (χ1) is 13.5. The molecule has 1 aliphatic rings. The predicted octanol–water partition coefficient (Wildman–Crippen LogP) is 4.61. The van der Waals surface area contributed by atoms with Crippen LogP contribution < -0.4 is 0 Å². The van der Waals surface area contributed by atoms with Gasteiger partial charge in [-0.25, -0.2) is 9.78 Å². The van der Waals surface area contributed by atoms with E-state index < -0.39 is 5.97 Å². The molecule has 1 aliphatic carbocycles. The van der Waals surface area contributed by atoms with Crippen molar-refractivity contribution >= 4 is 44.8 Å². The van der Waals surface area contributed by atoms with Crippen LogP contribution in [-0.2, 0) is 22.4 Å². The minimum atomic E-state index is -0.395. The monoisotopic (exact) mass is 414 g/mol. The molecule has 0 bridgehead atoms. The van der Waals surface area contributed by atoms with Gasteiger partial charge in [0.1, 0.15) is 5.01 Å². The molecule has 0 unspecified atom stereocenters. The number of aromatic nitrogens is 1. The van der Waals surface area contributed by atoms with Crippen LogP contribution in [0.2, 0.25) is 0 Å². The van der Waals surface area contributed by atoms with E-state index in [9.17, 15) is 9.59 Å². The van der Waals surface area contributed by atoms with Gasteiger partial charge in [0.15, 0.2) is 6.61 Å². The fourth-order valence-electron chi connectivity index (χ4n) is 3.42. The maximum Gasteiger partial charge on any atom is 0.339 e. The Balaban J connectivity index is 1.39. The predicted molar refractivity (Wildman–Crippen MR) is 112 cm³/mol. The van der Waals surface area contributed by atoms with Crippen LogP contribution in [0.25, 0.3) is 10.2 Å². The molecular formula is C21H22N2O3S2. The summed E-state index contributed by atoms with van der Waals surface area (Å²) >= 11 is 3.20. The number of para-hydroxylation sites is 1. The summed E-state index contributed by atoms with van der Waals surface area (Å²) in [7, 11) is 1.72. The van der Waals surface area contributed by atoms with Crippen molar-refractivity contribution in [1.29, 1.82) is 0 Å². The summed E-state index contributed by atoms with van der Waals surface area (Å²) in [6, 6.07) is 7.74. The highest BCUT2D eigenvalue weighted by Gasteiger charge is 2.24. The summed E-state index contributed by atoms with van der Waals surface area (Å²) < 4.78 is 6.44. The lowest BCUT2D eigenvalue weighted by molar-refractivity contribution is -0.135. The molecule has 0 fully saturated rings. The summed E-state index contributed by atoms with van der Waals surface area (Å²) in [4.78, 5) is 32.5. The molecule has 1 amide bonds. The van der Waals surface area contributed by atoms with Crippen molar-refractivity contribution in [3.05, 3.63) is 50.7 Å². The summed E-state index contributed by atoms with van der Waals surface area (Å²) in [6.45, 7) is 1.68. The Hall–Kier alpha value is -2.25. The summed E-state index contributed by atoms with van der Waals surface area (Å²) in [6.07, 6.45) is 4.24. The summed E-state index contributed by atoms with van der Waals surface area (Å²) in [5.74, 6) is -0.627. The number of amides is 1. The lowest BCUT2D eigenvalue weighted by atomic mass is 9.96. The number of nitrogens with zero attached hydrogens (tertiary/aromatic N) is 2. The van der Waals surface area contributed by atoms with Gasteiger partial charge in [0, 0.05) is 17.3 Å². The molecule has 0 spiro atoms. The van der Waals surface area contributed by atoms with Gasteiger partial charge in [-0.2, -0.15) is 0 Å². The Morgan fingerprint density at radius 2 is 2.04 bits per heavy atom. The second kappa shape index (κ2) is 8.01. The third kappa shape index (κ3) is 3.69. The zero-order chi connectivity index (χ0) is 19.7. The van der Waals surface area contributed by atoms with Gasteiger partial charge >= 0.3 is 5.97 Å². The highest BCUT2D eigenvalue weighted by molar-refractivity contribution is 7.18. The van der Waals surface area contributed by atoms with Gasteiger partial charge in [-0.05, 0) is 50.3 Å². The first-order valence-electron chi connectivity index (χ1n) is 9.42. The van der Waals surface area contributed by atoms with E-state index in [1.54, 1.807) is 34.6 Å². The number of aryl methyl sites for hydroxylation is 1. The standard InChI is InChI=1S/C21H22N2O3S2/c1-13(20-22-16-8-4-6-10-18(16)28-20)23(2)19(24)11-26-21(25)15-12-27-17-9-5-3-7-14(15)17/h4,6,8,10,12-13H,3,5,7,9,11H2,1-2H3/t13-/m1/s1. The number of thiophene rings is 1. The molecule has 0 saturated heterocycles. The summed E-state index contributed by atoms with van der Waals surface area (Å²) in [5, 5.41) is 2.74. The first-order valence-corrected chi connectivity index (χ1v) is 11.1. The minimum absolute atomic E-state index is 0.183. The Labute approximate surface area is 172 Å². The van der Waals surface area contributed by atoms with Gasteiger partial charge in [-0.1, -0.05) is 12.1 Å². The highest BCUT2D eigenvalue weighted by atomic mass is 32.1. The van der Waals surface area contributed by atoms with E-state index in [-0.39, 0.29) is 18.6 Å². The molecule has 1 atom stereocenters. The number of hydrogen-bond acceptors (Lipinski definition) is 6. The van der Waals surface area contributed by atoms with E-state index in [0.29, 0.717) is 5.56 Å². The molecule has 2 aromatic heterocycles. The lowest BCUT2D eigenvalue weighted by Gasteiger charge is -2.23. The highest BCUT2D eigenvalue weighted by Crippen LogP contribution is 2.31. The Kier molecular flexibility index (Phi) is 5.46. The fraction of sp³-hybridized carbons (Fsp3) is 0.381. The van der Waals surface area contributed by atoms with Crippen molar-refractivity contribution in [3.63, 3.8) is 0 Å². The topological polar surface area (TPSA) is 59.5 Å². The average Bonchev–Trinajstić information content (AvgIpc) is 3.34. The number of thiazole rings is 1. The normalized spacial score (nSPS) is 14.5. The molecule has 5 nitrogen and oxygen atoms in total. The average molecular weight is 415 g/mol. The number of hydrogen-bond donors (Lipinski definition) is 0. The van der Waals surface area contributed by atoms with Gasteiger partial charge in [0.05, 0.1) is 21.8 Å². The fourth-order valence-corrected chi connectivity index (χ4v) is 5.60. The van der Waals surface area contributed by atoms with Crippen molar-refractivity contribution in [3.8, 4) is 0 Å². The van der Waals surface area contributed by atoms with Crippen LogP contribution in [-0.4, -0.2) is 35.4 Å². The van der Waals surface area contributed by atoms with Crippen molar-refractivity contribution < 1.29 is 14.3 Å². The summed E-state index contributed by atoms with van der Waals surface area (Å²) in [5.41, 5.74) is 2.68. The third-order valence-electron chi connectivity index (χ3n) is 5.25. The van der Waals surface area contributed by atoms with E-state index in [1.165, 1.54) is 11.3 Å². The number of carbonyl (C=O) groups excluding carboxylic acids is 2. The van der Waals surface area contributed by atoms with Crippen molar-refractivity contribution in [2.75, 3.05) is 13.7 Å². The second-order valence-electron chi connectivity index (χ2n) is 7.03. The van der Waals surface area contributed by atoms with Crippen LogP contribution in [0.4, 0.5) is 0 Å². The van der Waals surface area contributed by atoms with Crippen molar-refractivity contribution in [2.24, 2.45) is 0 Å². The Bertz CT molecular complexity index is 991. The molecule has 28 heavy (non-hydrogen) atoms. The van der Waals surface area contributed by atoms with Crippen molar-refractivity contribution in [2.45, 2.75) is 38.6 Å². The van der Waals surface area contributed by atoms with E-state index in [2.05, 4.69) is 4.98 Å². The van der Waals surface area contributed by atoms with Crippen LogP contribution in [0.3, 0.4) is 0 Å². The SMILES string of the molecule is C[C@H](c1nc2ccccc2s1)N(C)C(=O)COC(=O)c1csc2c1CCCC2. The quantitative estimate of drug-likeness (QED) is 0.572. The van der Waals surface area contributed by atoms with Crippen LogP contribution in [0.1, 0.15) is 51.6 Å². The van der Waals surface area contributed by atoms with Crippen molar-refractivity contribution in [1.82, 2.24) is 9.88 Å². The van der Waals surface area contributed by atoms with Crippen LogP contribution in [0, 0.1) is 0 Å². The van der Waals surface area contributed by atoms with Gasteiger partial charge in [-0.15, -0.1) is 22.7 Å². The molecule has 1 aromatic carbocycles. The van der Waals surface area contributed by atoms with Gasteiger partial charge in [0.25, 0.3) is 5.91 Å². The smallest absolute Gasteiger partial charge is 0.339 e. The van der Waals surface area contributed by atoms with E-state index in [1.807, 2.05) is 36.6 Å². The Morgan fingerprint density at radius 3 is 2.86 bits per heavy atom. The zero-order valence-electron chi connectivity index (χ0n) is 15.9. The molecule has 0 radical (unpaired) electrons. The van der Waals surface area contributed by atoms with Gasteiger partial charge < -0.3 is 9.64 Å². The number of fused-ring (bicyclic) bond motifs is 2. The van der Waals surface area contributed by atoms with E-state index in [4.69, 9.17) is 4.74 Å². The van der Waals surface area contributed by atoms with Crippen LogP contribution >= 0.6 is 22.7 Å². The lowest BCUT2D eigenvalue weighted by Crippen LogP contribution is -2.33. The Morgan fingerprint density at radius 1 is 1.25 bits per heavy atom. The zero-order valence-corrected chi connectivity index (χ0v) is 17.6. The molecule has 4 rings (SSSR count). The largest absolute Gasteiger partial charge is 0.452 e. The molecule has 7 heteroatoms. The maximum absolute atomic E-state index is 12.6. The number of esters is 1. The van der Waals surface area contributed by atoms with E-state index in [0.717, 1.165) is 40.1 Å². The number of benzene rings is 1. The van der Waals surface area contributed by atoms with E-state index >= 15 is 0 Å².